The Morgan fingerprint density at radius 2 is 2.14 bits per heavy atom. The van der Waals surface area contributed by atoms with Crippen LogP contribution in [0.3, 0.4) is 0 Å². The quantitative estimate of drug-likeness (QED) is 0.788. The third-order valence-electron chi connectivity index (χ3n) is 3.17. The second kappa shape index (κ2) is 5.21. The number of imidazole rings is 1. The lowest BCUT2D eigenvalue weighted by molar-refractivity contribution is 0.0697. The molecule has 5 nitrogen and oxygen atoms in total. The number of aromatic nitrogens is 2. The van der Waals surface area contributed by atoms with Crippen LogP contribution in [0, 0.1) is 0 Å². The third kappa shape index (κ3) is 2.38. The lowest BCUT2D eigenvalue weighted by Gasteiger charge is -2.04. The van der Waals surface area contributed by atoms with Crippen LogP contribution >= 0.6 is 15.9 Å². The monoisotopic (exact) mass is 346 g/mol. The van der Waals surface area contributed by atoms with Crippen molar-refractivity contribution in [3.05, 3.63) is 52.8 Å². The molecule has 0 unspecified atom stereocenters. The van der Waals surface area contributed by atoms with Crippen molar-refractivity contribution in [1.82, 2.24) is 9.38 Å². The van der Waals surface area contributed by atoms with Gasteiger partial charge in [0.05, 0.1) is 18.2 Å². The highest BCUT2D eigenvalue weighted by Gasteiger charge is 2.13. The summed E-state index contributed by atoms with van der Waals surface area (Å²) in [6.07, 6.45) is 1.70. The maximum atomic E-state index is 11.1. The Morgan fingerprint density at radius 3 is 2.86 bits per heavy atom. The second-order valence-electron chi connectivity index (χ2n) is 4.43. The molecule has 2 heterocycles. The maximum Gasteiger partial charge on any atom is 0.335 e. The highest BCUT2D eigenvalue weighted by atomic mass is 79.9. The molecule has 3 aromatic rings. The molecule has 0 aliphatic heterocycles. The normalized spacial score (nSPS) is 10.8. The summed E-state index contributed by atoms with van der Waals surface area (Å²) in [4.78, 5) is 15.5. The number of pyridine rings is 1. The number of hydrogen-bond donors (Lipinski definition) is 1. The number of ether oxygens (including phenoxy) is 1. The van der Waals surface area contributed by atoms with Gasteiger partial charge in [0, 0.05) is 11.8 Å². The molecule has 2 aromatic heterocycles. The van der Waals surface area contributed by atoms with Gasteiger partial charge in [-0.15, -0.1) is 0 Å². The van der Waals surface area contributed by atoms with Crippen molar-refractivity contribution >= 4 is 27.4 Å². The number of carbonyl (C=O) groups is 1. The topological polar surface area (TPSA) is 63.8 Å². The largest absolute Gasteiger partial charge is 0.497 e. The Hall–Kier alpha value is -2.34. The number of nitrogens with zero attached hydrogens (tertiary/aromatic N) is 2. The molecule has 0 atom stereocenters. The molecular weight excluding hydrogens is 336 g/mol. The van der Waals surface area contributed by atoms with E-state index >= 15 is 0 Å². The smallest absolute Gasteiger partial charge is 0.335 e. The average Bonchev–Trinajstić information content (AvgIpc) is 2.84. The molecule has 6 heteroatoms. The fourth-order valence-electron chi connectivity index (χ4n) is 2.15. The van der Waals surface area contributed by atoms with Crippen LogP contribution in [-0.2, 0) is 0 Å². The number of carboxylic acid groups (broad SMARTS) is 1. The number of halogens is 1. The van der Waals surface area contributed by atoms with E-state index in [4.69, 9.17) is 9.84 Å². The second-order valence-corrected chi connectivity index (χ2v) is 5.19. The Labute approximate surface area is 128 Å². The molecule has 0 bridgehead atoms. The Balaban J connectivity index is 2.21. The Bertz CT molecular complexity index is 842. The van der Waals surface area contributed by atoms with E-state index in [0.717, 1.165) is 11.3 Å². The summed E-state index contributed by atoms with van der Waals surface area (Å²) in [5, 5.41) is 9.07. The van der Waals surface area contributed by atoms with Gasteiger partial charge in [0.2, 0.25) is 0 Å². The standard InChI is InChI=1S/C15H11BrN2O3/c1-21-11-4-2-3-9(7-11)14-17-13(16)12-8-10(15(19)20)5-6-18(12)14/h2-8H,1H3,(H,19,20). The van der Waals surface area contributed by atoms with Crippen molar-refractivity contribution in [3.63, 3.8) is 0 Å². The molecule has 1 N–H and O–H groups in total. The van der Waals surface area contributed by atoms with Gasteiger partial charge in [0.25, 0.3) is 0 Å². The molecule has 0 spiro atoms. The van der Waals surface area contributed by atoms with E-state index < -0.39 is 5.97 Å². The first-order valence-electron chi connectivity index (χ1n) is 6.15. The van der Waals surface area contributed by atoms with Crippen molar-refractivity contribution < 1.29 is 14.6 Å². The van der Waals surface area contributed by atoms with E-state index in [-0.39, 0.29) is 5.56 Å². The zero-order valence-electron chi connectivity index (χ0n) is 11.1. The zero-order valence-corrected chi connectivity index (χ0v) is 12.7. The van der Waals surface area contributed by atoms with Gasteiger partial charge in [0.1, 0.15) is 16.2 Å². The van der Waals surface area contributed by atoms with Gasteiger partial charge < -0.3 is 9.84 Å². The van der Waals surface area contributed by atoms with Crippen LogP contribution in [0.5, 0.6) is 5.75 Å². The van der Waals surface area contributed by atoms with Crippen LogP contribution in [0.1, 0.15) is 10.4 Å². The van der Waals surface area contributed by atoms with E-state index in [0.29, 0.717) is 15.9 Å². The highest BCUT2D eigenvalue weighted by molar-refractivity contribution is 9.10. The number of hydrogen-bond acceptors (Lipinski definition) is 3. The number of benzene rings is 1. The molecule has 0 amide bonds. The van der Waals surface area contributed by atoms with Crippen LogP contribution in [0.15, 0.2) is 47.2 Å². The fourth-order valence-corrected chi connectivity index (χ4v) is 2.62. The van der Waals surface area contributed by atoms with Gasteiger partial charge in [0.15, 0.2) is 0 Å². The molecule has 3 rings (SSSR count). The molecule has 0 aliphatic rings. The molecule has 0 aliphatic carbocycles. The molecule has 0 saturated heterocycles. The minimum absolute atomic E-state index is 0.222. The van der Waals surface area contributed by atoms with E-state index in [1.54, 1.807) is 25.4 Å². The van der Waals surface area contributed by atoms with Crippen LogP contribution < -0.4 is 4.74 Å². The third-order valence-corrected chi connectivity index (χ3v) is 3.76. The van der Waals surface area contributed by atoms with E-state index in [2.05, 4.69) is 20.9 Å². The highest BCUT2D eigenvalue weighted by Crippen LogP contribution is 2.28. The molecular formula is C15H11BrN2O3. The number of rotatable bonds is 3. The van der Waals surface area contributed by atoms with Gasteiger partial charge in [-0.3, -0.25) is 4.40 Å². The van der Waals surface area contributed by atoms with E-state index in [9.17, 15) is 4.79 Å². The molecule has 1 aromatic carbocycles. The first-order valence-corrected chi connectivity index (χ1v) is 6.95. The predicted octanol–water partition coefficient (Wildman–Crippen LogP) is 3.47. The predicted molar refractivity (Wildman–Crippen MR) is 81.8 cm³/mol. The van der Waals surface area contributed by atoms with Gasteiger partial charge in [-0.1, -0.05) is 12.1 Å². The van der Waals surface area contributed by atoms with Crippen molar-refractivity contribution in [2.75, 3.05) is 7.11 Å². The molecule has 0 saturated carbocycles. The lowest BCUT2D eigenvalue weighted by Crippen LogP contribution is -1.98. The first kappa shape index (κ1) is 13.6. The summed E-state index contributed by atoms with van der Waals surface area (Å²) in [7, 11) is 1.61. The summed E-state index contributed by atoms with van der Waals surface area (Å²) in [6.45, 7) is 0. The summed E-state index contributed by atoms with van der Waals surface area (Å²) in [6, 6.07) is 10.7. The van der Waals surface area contributed by atoms with Gasteiger partial charge in [-0.05, 0) is 40.2 Å². The molecule has 0 radical (unpaired) electrons. The number of methoxy groups -OCH3 is 1. The summed E-state index contributed by atoms with van der Waals surface area (Å²) < 4.78 is 7.66. The Morgan fingerprint density at radius 1 is 1.33 bits per heavy atom. The minimum Gasteiger partial charge on any atom is -0.497 e. The maximum absolute atomic E-state index is 11.1. The van der Waals surface area contributed by atoms with Gasteiger partial charge >= 0.3 is 5.97 Å². The first-order chi connectivity index (χ1) is 10.1. The minimum atomic E-state index is -0.964. The Kier molecular flexibility index (Phi) is 3.39. The van der Waals surface area contributed by atoms with Crippen molar-refractivity contribution in [2.24, 2.45) is 0 Å². The molecule has 0 fully saturated rings. The van der Waals surface area contributed by atoms with E-state index in [1.165, 1.54) is 0 Å². The summed E-state index contributed by atoms with van der Waals surface area (Å²) in [5.41, 5.74) is 1.81. The summed E-state index contributed by atoms with van der Waals surface area (Å²) in [5.74, 6) is 0.490. The summed E-state index contributed by atoms with van der Waals surface area (Å²) >= 11 is 3.38. The van der Waals surface area contributed by atoms with Gasteiger partial charge in [-0.25, -0.2) is 9.78 Å². The molecule has 106 valence electrons. The van der Waals surface area contributed by atoms with Crippen molar-refractivity contribution in [1.29, 1.82) is 0 Å². The lowest BCUT2D eigenvalue weighted by atomic mass is 10.2. The SMILES string of the molecule is COc1cccc(-c2nc(Br)c3cc(C(=O)O)ccn23)c1. The van der Waals surface area contributed by atoms with Crippen LogP contribution in [0.2, 0.25) is 0 Å². The van der Waals surface area contributed by atoms with Crippen LogP contribution in [0.4, 0.5) is 0 Å². The van der Waals surface area contributed by atoms with Crippen LogP contribution in [0.25, 0.3) is 16.9 Å². The van der Waals surface area contributed by atoms with Crippen LogP contribution in [-0.4, -0.2) is 27.6 Å². The van der Waals surface area contributed by atoms with Gasteiger partial charge in [-0.2, -0.15) is 0 Å². The fraction of sp³-hybridized carbons (Fsp3) is 0.0667. The van der Waals surface area contributed by atoms with E-state index in [1.807, 2.05) is 28.7 Å². The average molecular weight is 347 g/mol. The number of fused-ring (bicyclic) bond motifs is 1. The molecule has 21 heavy (non-hydrogen) atoms. The number of carboxylic acids is 1. The zero-order chi connectivity index (χ0) is 15.0. The number of aromatic carboxylic acids is 1. The van der Waals surface area contributed by atoms with Crippen molar-refractivity contribution in [3.8, 4) is 17.1 Å². The van der Waals surface area contributed by atoms with Crippen molar-refractivity contribution in [2.45, 2.75) is 0 Å².